The molecule has 31 heavy (non-hydrogen) atoms. The maximum Gasteiger partial charge on any atom is 0.270 e. The number of benzene rings is 1. The van der Waals surface area contributed by atoms with Crippen molar-refractivity contribution in [2.24, 2.45) is 11.8 Å². The standard InChI is InChI=1S/C21H28ClN3O5S/c22-18-8-7-17(25(27)28)14-20(18)31(29,30)23-12-9-16(10-13-23)21(26)24-11-3-5-15-4-1-2-6-19(15)24/h7-8,14-16,19H,1-6,9-13H2/t15-,19-/m0/s1. The molecule has 3 aliphatic rings. The summed E-state index contributed by atoms with van der Waals surface area (Å²) in [7, 11) is -3.97. The zero-order chi connectivity index (χ0) is 22.2. The lowest BCUT2D eigenvalue weighted by molar-refractivity contribution is -0.385. The predicted octanol–water partition coefficient (Wildman–Crippen LogP) is 3.83. The van der Waals surface area contributed by atoms with Gasteiger partial charge in [0, 0.05) is 43.7 Å². The van der Waals surface area contributed by atoms with Gasteiger partial charge in [-0.2, -0.15) is 4.31 Å². The molecule has 1 amide bonds. The minimum absolute atomic E-state index is 0.0412. The number of halogens is 1. The van der Waals surface area contributed by atoms with Gasteiger partial charge in [-0.05, 0) is 50.5 Å². The summed E-state index contributed by atoms with van der Waals surface area (Å²) in [6, 6.07) is 3.77. The van der Waals surface area contributed by atoms with Gasteiger partial charge < -0.3 is 4.90 Å². The molecule has 170 valence electrons. The minimum atomic E-state index is -3.97. The number of carbonyl (C=O) groups excluding carboxylic acids is 1. The summed E-state index contributed by atoms with van der Waals surface area (Å²) in [6.07, 6.45) is 7.87. The van der Waals surface area contributed by atoms with Crippen molar-refractivity contribution in [2.45, 2.75) is 62.3 Å². The number of nitro benzene ring substituents is 1. The summed E-state index contributed by atoms with van der Waals surface area (Å²) in [5.41, 5.74) is -0.319. The zero-order valence-electron chi connectivity index (χ0n) is 17.4. The molecule has 2 atom stereocenters. The summed E-state index contributed by atoms with van der Waals surface area (Å²) in [5.74, 6) is 0.609. The van der Waals surface area contributed by atoms with Crippen molar-refractivity contribution < 1.29 is 18.1 Å². The first-order valence-electron chi connectivity index (χ1n) is 11.0. The molecule has 2 saturated heterocycles. The molecule has 0 bridgehead atoms. The number of carbonyl (C=O) groups is 1. The van der Waals surface area contributed by atoms with Gasteiger partial charge in [-0.1, -0.05) is 24.4 Å². The number of rotatable bonds is 4. The Balaban J connectivity index is 1.44. The first-order chi connectivity index (χ1) is 14.8. The average Bonchev–Trinajstić information content (AvgIpc) is 2.78. The number of non-ortho nitro benzene ring substituents is 1. The van der Waals surface area contributed by atoms with E-state index < -0.39 is 14.9 Å². The van der Waals surface area contributed by atoms with E-state index in [1.807, 2.05) is 0 Å². The maximum atomic E-state index is 13.3. The largest absolute Gasteiger partial charge is 0.339 e. The molecule has 0 radical (unpaired) electrons. The van der Waals surface area contributed by atoms with Crippen LogP contribution in [0.25, 0.3) is 0 Å². The van der Waals surface area contributed by atoms with Gasteiger partial charge in [0.05, 0.1) is 9.95 Å². The van der Waals surface area contributed by atoms with Crippen LogP contribution in [-0.2, 0) is 14.8 Å². The third-order valence-electron chi connectivity index (χ3n) is 7.07. The van der Waals surface area contributed by atoms with Crippen LogP contribution in [0.5, 0.6) is 0 Å². The van der Waals surface area contributed by atoms with Crippen molar-refractivity contribution in [3.05, 3.63) is 33.3 Å². The highest BCUT2D eigenvalue weighted by atomic mass is 35.5. The number of hydrogen-bond donors (Lipinski definition) is 0. The number of fused-ring (bicyclic) bond motifs is 1. The van der Waals surface area contributed by atoms with Gasteiger partial charge in [0.15, 0.2) is 0 Å². The minimum Gasteiger partial charge on any atom is -0.339 e. The van der Waals surface area contributed by atoms with Crippen LogP contribution in [0.1, 0.15) is 51.4 Å². The molecule has 8 nitrogen and oxygen atoms in total. The molecular weight excluding hydrogens is 442 g/mol. The Morgan fingerprint density at radius 2 is 1.71 bits per heavy atom. The Hall–Kier alpha value is -1.71. The van der Waals surface area contributed by atoms with E-state index in [2.05, 4.69) is 4.90 Å². The smallest absolute Gasteiger partial charge is 0.270 e. The Labute approximate surface area is 187 Å². The number of likely N-dealkylation sites (tertiary alicyclic amines) is 1. The Bertz CT molecular complexity index is 960. The Morgan fingerprint density at radius 1 is 1.03 bits per heavy atom. The van der Waals surface area contributed by atoms with Gasteiger partial charge in [-0.25, -0.2) is 8.42 Å². The summed E-state index contributed by atoms with van der Waals surface area (Å²) in [6.45, 7) is 1.22. The molecule has 1 aromatic carbocycles. The topological polar surface area (TPSA) is 101 Å². The Morgan fingerprint density at radius 3 is 2.42 bits per heavy atom. The molecule has 0 unspecified atom stereocenters. The van der Waals surface area contributed by atoms with E-state index in [9.17, 15) is 23.3 Å². The van der Waals surface area contributed by atoms with Crippen molar-refractivity contribution in [3.63, 3.8) is 0 Å². The molecule has 1 aliphatic carbocycles. The highest BCUT2D eigenvalue weighted by Crippen LogP contribution is 2.37. The van der Waals surface area contributed by atoms with Gasteiger partial charge in [-0.3, -0.25) is 14.9 Å². The number of hydrogen-bond acceptors (Lipinski definition) is 5. The van der Waals surface area contributed by atoms with Crippen molar-refractivity contribution in [2.75, 3.05) is 19.6 Å². The maximum absolute atomic E-state index is 13.3. The molecule has 4 rings (SSSR count). The van der Waals surface area contributed by atoms with Crippen molar-refractivity contribution in [3.8, 4) is 0 Å². The lowest BCUT2D eigenvalue weighted by Gasteiger charge is -2.46. The van der Waals surface area contributed by atoms with Crippen molar-refractivity contribution >= 4 is 33.2 Å². The second-order valence-corrected chi connectivity index (χ2v) is 11.1. The molecule has 2 heterocycles. The van der Waals surface area contributed by atoms with Crippen LogP contribution in [0.2, 0.25) is 5.02 Å². The quantitative estimate of drug-likeness (QED) is 0.492. The lowest BCUT2D eigenvalue weighted by atomic mass is 9.77. The summed E-state index contributed by atoms with van der Waals surface area (Å²) < 4.78 is 27.4. The van der Waals surface area contributed by atoms with Gasteiger partial charge in [-0.15, -0.1) is 0 Å². The predicted molar refractivity (Wildman–Crippen MR) is 116 cm³/mol. The summed E-state index contributed by atoms with van der Waals surface area (Å²) in [5, 5.41) is 11.0. The fourth-order valence-corrected chi connectivity index (χ4v) is 7.38. The molecule has 10 heteroatoms. The van der Waals surface area contributed by atoms with Gasteiger partial charge >= 0.3 is 0 Å². The second-order valence-electron chi connectivity index (χ2n) is 8.84. The molecular formula is C21H28ClN3O5S. The van der Waals surface area contributed by atoms with Crippen molar-refractivity contribution in [1.82, 2.24) is 9.21 Å². The molecule has 0 N–H and O–H groups in total. The number of nitro groups is 1. The Kier molecular flexibility index (Phi) is 6.55. The van der Waals surface area contributed by atoms with E-state index in [0.717, 1.165) is 25.5 Å². The fourth-order valence-electron chi connectivity index (χ4n) is 5.42. The van der Waals surface area contributed by atoms with Crippen LogP contribution in [0, 0.1) is 22.0 Å². The normalized spacial score (nSPS) is 25.8. The first kappa shape index (κ1) is 22.5. The van der Waals surface area contributed by atoms with Crippen LogP contribution in [0.15, 0.2) is 23.1 Å². The average molecular weight is 470 g/mol. The highest BCUT2D eigenvalue weighted by Gasteiger charge is 2.40. The van der Waals surface area contributed by atoms with E-state index in [0.29, 0.717) is 24.8 Å². The monoisotopic (exact) mass is 469 g/mol. The van der Waals surface area contributed by atoms with E-state index in [1.165, 1.54) is 42.1 Å². The van der Waals surface area contributed by atoms with Gasteiger partial charge in [0.25, 0.3) is 5.69 Å². The van der Waals surface area contributed by atoms with E-state index in [1.54, 1.807) is 0 Å². The number of piperidine rings is 2. The molecule has 1 aromatic rings. The van der Waals surface area contributed by atoms with E-state index >= 15 is 0 Å². The molecule has 2 aliphatic heterocycles. The molecule has 0 spiro atoms. The number of nitrogens with zero attached hydrogens (tertiary/aromatic N) is 3. The van der Waals surface area contributed by atoms with Gasteiger partial charge in [0.2, 0.25) is 15.9 Å². The molecule has 1 saturated carbocycles. The van der Waals surface area contributed by atoms with E-state index in [4.69, 9.17) is 11.6 Å². The van der Waals surface area contributed by atoms with Crippen LogP contribution >= 0.6 is 11.6 Å². The number of amides is 1. The third-order valence-corrected chi connectivity index (χ3v) is 9.45. The van der Waals surface area contributed by atoms with Crippen molar-refractivity contribution in [1.29, 1.82) is 0 Å². The van der Waals surface area contributed by atoms with Crippen LogP contribution in [0.4, 0.5) is 5.69 Å². The molecule has 3 fully saturated rings. The fraction of sp³-hybridized carbons (Fsp3) is 0.667. The second kappa shape index (κ2) is 9.03. The van der Waals surface area contributed by atoms with Crippen LogP contribution in [0.3, 0.4) is 0 Å². The molecule has 0 aromatic heterocycles. The number of sulfonamides is 1. The lowest BCUT2D eigenvalue weighted by Crippen LogP contribution is -2.53. The SMILES string of the molecule is O=C(C1CCN(S(=O)(=O)c2cc([N+](=O)[O-])ccc2Cl)CC1)N1CCC[C@@H]2CCCC[C@@H]21. The van der Waals surface area contributed by atoms with E-state index in [-0.39, 0.29) is 40.5 Å². The van der Waals surface area contributed by atoms with Gasteiger partial charge in [0.1, 0.15) is 4.90 Å². The van der Waals surface area contributed by atoms with Crippen LogP contribution in [-0.4, -0.2) is 54.1 Å². The third kappa shape index (κ3) is 4.45. The zero-order valence-corrected chi connectivity index (χ0v) is 19.0. The highest BCUT2D eigenvalue weighted by molar-refractivity contribution is 7.89. The first-order valence-corrected chi connectivity index (χ1v) is 12.9. The van der Waals surface area contributed by atoms with Crippen LogP contribution < -0.4 is 0 Å². The summed E-state index contributed by atoms with van der Waals surface area (Å²) in [4.78, 5) is 25.5. The summed E-state index contributed by atoms with van der Waals surface area (Å²) >= 11 is 6.06.